The Kier molecular flexibility index (Phi) is 3.78. The Morgan fingerprint density at radius 3 is 2.57 bits per heavy atom. The van der Waals surface area contributed by atoms with Gasteiger partial charge in [0.2, 0.25) is 0 Å². The van der Waals surface area contributed by atoms with E-state index in [4.69, 9.17) is 0 Å². The number of hydrogen-bond donors (Lipinski definition) is 2. The van der Waals surface area contributed by atoms with Gasteiger partial charge in [0, 0.05) is 11.9 Å². The van der Waals surface area contributed by atoms with E-state index in [1.165, 1.54) is 0 Å². The molecule has 0 saturated heterocycles. The van der Waals surface area contributed by atoms with Crippen molar-refractivity contribution in [2.24, 2.45) is 0 Å². The summed E-state index contributed by atoms with van der Waals surface area (Å²) in [5, 5.41) is 7.86. The van der Waals surface area contributed by atoms with Crippen molar-refractivity contribution < 1.29 is 4.79 Å². The summed E-state index contributed by atoms with van der Waals surface area (Å²) in [4.78, 5) is 16.0. The molecule has 3 aromatic rings. The number of aromatic nitrogens is 1. The van der Waals surface area contributed by atoms with Crippen LogP contribution in [0.4, 0.5) is 10.5 Å². The van der Waals surface area contributed by atoms with Gasteiger partial charge in [-0.3, -0.25) is 4.98 Å². The Balaban J connectivity index is 1.63. The number of benzene rings is 2. The van der Waals surface area contributed by atoms with Gasteiger partial charge in [-0.2, -0.15) is 0 Å². The number of rotatable bonds is 3. The molecular formula is C17H15N3O. The molecule has 4 heteroatoms. The highest BCUT2D eigenvalue weighted by molar-refractivity contribution is 5.93. The summed E-state index contributed by atoms with van der Waals surface area (Å²) in [6, 6.07) is 19.2. The van der Waals surface area contributed by atoms with Crippen molar-refractivity contribution >= 4 is 22.5 Å². The third-order valence-electron chi connectivity index (χ3n) is 3.16. The second-order valence-corrected chi connectivity index (χ2v) is 4.69. The largest absolute Gasteiger partial charge is 0.332 e. The fourth-order valence-electron chi connectivity index (χ4n) is 2.12. The number of nitrogens with one attached hydrogen (secondary N) is 2. The van der Waals surface area contributed by atoms with Crippen LogP contribution in [0, 0.1) is 0 Å². The van der Waals surface area contributed by atoms with Crippen molar-refractivity contribution in [3.8, 4) is 0 Å². The van der Waals surface area contributed by atoms with Crippen LogP contribution in [-0.2, 0) is 6.54 Å². The van der Waals surface area contributed by atoms with Crippen LogP contribution in [0.2, 0.25) is 0 Å². The average molecular weight is 277 g/mol. The molecule has 0 atom stereocenters. The van der Waals surface area contributed by atoms with Crippen molar-refractivity contribution in [2.45, 2.75) is 6.54 Å². The minimum atomic E-state index is -0.240. The fourth-order valence-corrected chi connectivity index (χ4v) is 2.12. The van der Waals surface area contributed by atoms with Gasteiger partial charge in [-0.05, 0) is 35.0 Å². The van der Waals surface area contributed by atoms with Gasteiger partial charge in [0.1, 0.15) is 0 Å². The monoisotopic (exact) mass is 277 g/mol. The first kappa shape index (κ1) is 13.1. The predicted molar refractivity (Wildman–Crippen MR) is 84.0 cm³/mol. The van der Waals surface area contributed by atoms with E-state index < -0.39 is 0 Å². The van der Waals surface area contributed by atoms with Gasteiger partial charge in [-0.15, -0.1) is 0 Å². The maximum Gasteiger partial charge on any atom is 0.319 e. The van der Waals surface area contributed by atoms with Gasteiger partial charge in [0.25, 0.3) is 0 Å². The van der Waals surface area contributed by atoms with Crippen LogP contribution in [0.5, 0.6) is 0 Å². The van der Waals surface area contributed by atoms with Crippen molar-refractivity contribution in [3.63, 3.8) is 0 Å². The summed E-state index contributed by atoms with van der Waals surface area (Å²) < 4.78 is 0. The zero-order valence-electron chi connectivity index (χ0n) is 11.4. The average Bonchev–Trinajstić information content (AvgIpc) is 2.54. The predicted octanol–water partition coefficient (Wildman–Crippen LogP) is 3.56. The Morgan fingerprint density at radius 2 is 1.76 bits per heavy atom. The summed E-state index contributed by atoms with van der Waals surface area (Å²) in [5.41, 5.74) is 1.60. The van der Waals surface area contributed by atoms with E-state index in [1.807, 2.05) is 60.7 Å². The standard InChI is InChI=1S/C17H15N3O/c21-17(19-12-16-7-3-4-10-18-16)20-15-9-8-13-5-1-2-6-14(13)11-15/h1-11H,12H2,(H2,19,20,21). The van der Waals surface area contributed by atoms with E-state index in [9.17, 15) is 4.79 Å². The molecule has 21 heavy (non-hydrogen) atoms. The zero-order valence-corrected chi connectivity index (χ0v) is 11.4. The van der Waals surface area contributed by atoms with E-state index in [2.05, 4.69) is 15.6 Å². The molecule has 3 rings (SSSR count). The lowest BCUT2D eigenvalue weighted by molar-refractivity contribution is 0.251. The summed E-state index contributed by atoms with van der Waals surface area (Å²) in [7, 11) is 0. The second kappa shape index (κ2) is 6.05. The molecule has 1 aromatic heterocycles. The van der Waals surface area contributed by atoms with Crippen LogP contribution in [0.25, 0.3) is 10.8 Å². The lowest BCUT2D eigenvalue weighted by atomic mass is 10.1. The van der Waals surface area contributed by atoms with E-state index in [0.717, 1.165) is 22.2 Å². The third kappa shape index (κ3) is 3.36. The molecule has 0 aliphatic carbocycles. The molecule has 0 radical (unpaired) electrons. The maximum absolute atomic E-state index is 11.9. The van der Waals surface area contributed by atoms with Gasteiger partial charge < -0.3 is 10.6 Å². The van der Waals surface area contributed by atoms with E-state index in [1.54, 1.807) is 6.20 Å². The molecule has 0 unspecified atom stereocenters. The van der Waals surface area contributed by atoms with E-state index in [-0.39, 0.29) is 6.03 Å². The molecule has 2 amide bonds. The van der Waals surface area contributed by atoms with E-state index in [0.29, 0.717) is 6.54 Å². The number of anilines is 1. The fraction of sp³-hybridized carbons (Fsp3) is 0.0588. The first-order chi connectivity index (χ1) is 10.3. The molecule has 2 N–H and O–H groups in total. The second-order valence-electron chi connectivity index (χ2n) is 4.69. The first-order valence-electron chi connectivity index (χ1n) is 6.75. The minimum absolute atomic E-state index is 0.240. The molecule has 0 bridgehead atoms. The maximum atomic E-state index is 11.9. The van der Waals surface area contributed by atoms with Crippen molar-refractivity contribution in [1.82, 2.24) is 10.3 Å². The molecule has 4 nitrogen and oxygen atoms in total. The molecule has 0 saturated carbocycles. The highest BCUT2D eigenvalue weighted by atomic mass is 16.2. The Labute approximate surface area is 122 Å². The van der Waals surface area contributed by atoms with Gasteiger partial charge in [-0.1, -0.05) is 36.4 Å². The van der Waals surface area contributed by atoms with Gasteiger partial charge in [0.05, 0.1) is 12.2 Å². The van der Waals surface area contributed by atoms with Gasteiger partial charge in [-0.25, -0.2) is 4.79 Å². The lowest BCUT2D eigenvalue weighted by Crippen LogP contribution is -2.28. The number of fused-ring (bicyclic) bond motifs is 1. The highest BCUT2D eigenvalue weighted by Crippen LogP contribution is 2.18. The van der Waals surface area contributed by atoms with Crippen LogP contribution in [0.15, 0.2) is 66.9 Å². The summed E-state index contributed by atoms with van der Waals surface area (Å²) >= 11 is 0. The summed E-state index contributed by atoms with van der Waals surface area (Å²) in [6.07, 6.45) is 1.71. The number of carbonyl (C=O) groups is 1. The van der Waals surface area contributed by atoms with Gasteiger partial charge in [0.15, 0.2) is 0 Å². The number of hydrogen-bond acceptors (Lipinski definition) is 2. The normalized spacial score (nSPS) is 10.3. The zero-order chi connectivity index (χ0) is 14.5. The van der Waals surface area contributed by atoms with Crippen molar-refractivity contribution in [1.29, 1.82) is 0 Å². The van der Waals surface area contributed by atoms with Crippen LogP contribution in [-0.4, -0.2) is 11.0 Å². The van der Waals surface area contributed by atoms with Crippen LogP contribution < -0.4 is 10.6 Å². The Hall–Kier alpha value is -2.88. The summed E-state index contributed by atoms with van der Waals surface area (Å²) in [5.74, 6) is 0. The van der Waals surface area contributed by atoms with Gasteiger partial charge >= 0.3 is 6.03 Å². The minimum Gasteiger partial charge on any atom is -0.332 e. The van der Waals surface area contributed by atoms with E-state index >= 15 is 0 Å². The molecule has 1 heterocycles. The Bertz CT molecular complexity index is 756. The molecule has 2 aromatic carbocycles. The molecular weight excluding hydrogens is 262 g/mol. The third-order valence-corrected chi connectivity index (χ3v) is 3.16. The number of nitrogens with zero attached hydrogens (tertiary/aromatic N) is 1. The Morgan fingerprint density at radius 1 is 0.952 bits per heavy atom. The first-order valence-corrected chi connectivity index (χ1v) is 6.75. The molecule has 104 valence electrons. The summed E-state index contributed by atoms with van der Waals surface area (Å²) in [6.45, 7) is 0.403. The highest BCUT2D eigenvalue weighted by Gasteiger charge is 2.02. The topological polar surface area (TPSA) is 54.0 Å². The number of carbonyl (C=O) groups excluding carboxylic acids is 1. The van der Waals surface area contributed by atoms with Crippen LogP contribution >= 0.6 is 0 Å². The number of urea groups is 1. The smallest absolute Gasteiger partial charge is 0.319 e. The lowest BCUT2D eigenvalue weighted by Gasteiger charge is -2.08. The molecule has 0 aliphatic rings. The number of pyridine rings is 1. The molecule has 0 spiro atoms. The van der Waals surface area contributed by atoms with Crippen molar-refractivity contribution in [3.05, 3.63) is 72.6 Å². The molecule has 0 fully saturated rings. The quantitative estimate of drug-likeness (QED) is 0.769. The SMILES string of the molecule is O=C(NCc1ccccn1)Nc1ccc2ccccc2c1. The van der Waals surface area contributed by atoms with Crippen LogP contribution in [0.3, 0.4) is 0 Å². The van der Waals surface area contributed by atoms with Crippen LogP contribution in [0.1, 0.15) is 5.69 Å². The van der Waals surface area contributed by atoms with Crippen molar-refractivity contribution in [2.75, 3.05) is 5.32 Å². The number of amides is 2. The molecule has 0 aliphatic heterocycles.